The lowest BCUT2D eigenvalue weighted by atomic mass is 9.89. The zero-order valence-corrected chi connectivity index (χ0v) is 27.2. The fourth-order valence-corrected chi connectivity index (χ4v) is 5.82. The molecule has 2 aromatic carbocycles. The average Bonchev–Trinajstić information content (AvgIpc) is 3.46. The number of halogens is 10. The number of hydrogen-bond acceptors (Lipinski definition) is 7. The minimum absolute atomic E-state index is 0.0258. The molecule has 0 bridgehead atoms. The first-order chi connectivity index (χ1) is 23.2. The molecule has 0 radical (unpaired) electrons. The van der Waals surface area contributed by atoms with Crippen LogP contribution in [0.3, 0.4) is 0 Å². The molecule has 1 N–H and O–H groups in total. The number of nitrogens with one attached hydrogen (secondary N) is 1. The number of anilines is 1. The summed E-state index contributed by atoms with van der Waals surface area (Å²) in [6.45, 7) is 2.40. The summed E-state index contributed by atoms with van der Waals surface area (Å²) in [6, 6.07) is 3.44. The highest BCUT2D eigenvalue weighted by Gasteiger charge is 2.40. The van der Waals surface area contributed by atoms with Crippen LogP contribution in [0.4, 0.5) is 54.6 Å². The number of tetrazole rings is 1. The molecular weight excluding hydrogens is 692 g/mol. The summed E-state index contributed by atoms with van der Waals surface area (Å²) in [5.41, 5.74) is -6.04. The third kappa shape index (κ3) is 9.75. The van der Waals surface area contributed by atoms with Crippen molar-refractivity contribution in [2.24, 2.45) is 7.05 Å². The number of alkyl carbamates (subject to hydrolysis) is 1. The number of ether oxygens (including phenoxy) is 1. The van der Waals surface area contributed by atoms with E-state index < -0.39 is 78.3 Å². The van der Waals surface area contributed by atoms with Crippen molar-refractivity contribution in [3.63, 3.8) is 0 Å². The zero-order chi connectivity index (χ0) is 37.1. The van der Waals surface area contributed by atoms with Crippen LogP contribution in [0.2, 0.25) is 0 Å². The molecule has 1 saturated heterocycles. The Morgan fingerprint density at radius 2 is 1.52 bits per heavy atom. The van der Waals surface area contributed by atoms with Crippen molar-refractivity contribution >= 4 is 12.0 Å². The van der Waals surface area contributed by atoms with Gasteiger partial charge < -0.3 is 15.0 Å². The van der Waals surface area contributed by atoms with Crippen molar-refractivity contribution < 1.29 is 53.4 Å². The molecule has 1 unspecified atom stereocenters. The SMILES string of the molecule is CCNC(=O)OCC1(F)CCN(C(CC)c2ccc(C(F)(F)F)cc2CN(Cc2cc(C(F)(F)F)cc(C(F)(F)F)c2)c2nnn(C)n2)CC1. The number of likely N-dealkylation sites (tertiary alicyclic amines) is 1. The second-order valence-corrected chi connectivity index (χ2v) is 12.0. The van der Waals surface area contributed by atoms with E-state index in [2.05, 4.69) is 20.7 Å². The Bertz CT molecular complexity index is 1580. The maximum Gasteiger partial charge on any atom is 0.416 e. The Balaban J connectivity index is 1.71. The van der Waals surface area contributed by atoms with Crippen LogP contribution >= 0.6 is 0 Å². The molecule has 1 amide bonds. The summed E-state index contributed by atoms with van der Waals surface area (Å²) in [4.78, 5) is 15.7. The van der Waals surface area contributed by atoms with Gasteiger partial charge in [0, 0.05) is 38.8 Å². The van der Waals surface area contributed by atoms with Gasteiger partial charge in [-0.05, 0) is 78.4 Å². The number of rotatable bonds is 11. The molecule has 19 heteroatoms. The van der Waals surface area contributed by atoms with E-state index in [0.29, 0.717) is 30.7 Å². The first-order valence-electron chi connectivity index (χ1n) is 15.5. The molecule has 1 fully saturated rings. The van der Waals surface area contributed by atoms with Gasteiger partial charge in [-0.2, -0.15) is 44.3 Å². The molecule has 276 valence electrons. The topological polar surface area (TPSA) is 88.4 Å². The Labute approximate surface area is 280 Å². The molecule has 9 nitrogen and oxygen atoms in total. The van der Waals surface area contributed by atoms with Crippen molar-refractivity contribution in [3.05, 3.63) is 69.8 Å². The maximum atomic E-state index is 15.5. The summed E-state index contributed by atoms with van der Waals surface area (Å²) >= 11 is 0. The number of piperidine rings is 1. The molecule has 1 atom stereocenters. The maximum absolute atomic E-state index is 15.5. The summed E-state index contributed by atoms with van der Waals surface area (Å²) in [7, 11) is 1.35. The number of carbonyl (C=O) groups is 1. The highest BCUT2D eigenvalue weighted by atomic mass is 19.4. The van der Waals surface area contributed by atoms with Gasteiger partial charge in [0.15, 0.2) is 0 Å². The highest BCUT2D eigenvalue weighted by Crippen LogP contribution is 2.39. The Morgan fingerprint density at radius 3 is 2.02 bits per heavy atom. The van der Waals surface area contributed by atoms with Crippen molar-refractivity contribution in [1.82, 2.24) is 30.4 Å². The van der Waals surface area contributed by atoms with Crippen LogP contribution in [-0.4, -0.2) is 63.1 Å². The van der Waals surface area contributed by atoms with E-state index >= 15 is 4.39 Å². The highest BCUT2D eigenvalue weighted by molar-refractivity contribution is 5.67. The molecule has 0 aliphatic carbocycles. The first kappa shape index (κ1) is 38.6. The summed E-state index contributed by atoms with van der Waals surface area (Å²) in [6.07, 6.45) is -15.6. The Morgan fingerprint density at radius 1 is 0.920 bits per heavy atom. The largest absolute Gasteiger partial charge is 0.446 e. The minimum Gasteiger partial charge on any atom is -0.446 e. The van der Waals surface area contributed by atoms with Crippen LogP contribution in [0.15, 0.2) is 36.4 Å². The fourth-order valence-electron chi connectivity index (χ4n) is 5.82. The van der Waals surface area contributed by atoms with Gasteiger partial charge in [0.1, 0.15) is 12.3 Å². The zero-order valence-electron chi connectivity index (χ0n) is 27.2. The molecule has 3 aromatic rings. The molecule has 1 aliphatic rings. The molecular formula is C31H35F10N7O2. The molecule has 2 heterocycles. The van der Waals surface area contributed by atoms with Gasteiger partial charge in [0.25, 0.3) is 5.95 Å². The minimum atomic E-state index is -5.13. The van der Waals surface area contributed by atoms with Crippen LogP contribution < -0.4 is 10.2 Å². The number of nitrogens with zero attached hydrogens (tertiary/aromatic N) is 6. The van der Waals surface area contributed by atoms with Crippen LogP contribution in [0, 0.1) is 0 Å². The Kier molecular flexibility index (Phi) is 11.6. The third-order valence-electron chi connectivity index (χ3n) is 8.30. The van der Waals surface area contributed by atoms with E-state index in [0.717, 1.165) is 21.8 Å². The number of carbonyl (C=O) groups excluding carboxylic acids is 1. The van der Waals surface area contributed by atoms with Gasteiger partial charge in [0.2, 0.25) is 0 Å². The monoisotopic (exact) mass is 727 g/mol. The van der Waals surface area contributed by atoms with E-state index in [-0.39, 0.29) is 43.5 Å². The van der Waals surface area contributed by atoms with E-state index in [9.17, 15) is 44.3 Å². The number of alkyl halides is 10. The van der Waals surface area contributed by atoms with Gasteiger partial charge in [-0.3, -0.25) is 4.90 Å². The quantitative estimate of drug-likeness (QED) is 0.205. The first-order valence-corrected chi connectivity index (χ1v) is 15.5. The number of aromatic nitrogens is 4. The van der Waals surface area contributed by atoms with Crippen LogP contribution in [0.1, 0.15) is 72.5 Å². The van der Waals surface area contributed by atoms with Gasteiger partial charge in [-0.1, -0.05) is 18.1 Å². The van der Waals surface area contributed by atoms with E-state index in [4.69, 9.17) is 4.74 Å². The molecule has 4 rings (SSSR count). The van der Waals surface area contributed by atoms with Crippen LogP contribution in [-0.2, 0) is 43.4 Å². The summed E-state index contributed by atoms with van der Waals surface area (Å²) in [5.74, 6) is -0.262. The predicted octanol–water partition coefficient (Wildman–Crippen LogP) is 7.47. The molecule has 50 heavy (non-hydrogen) atoms. The lowest BCUT2D eigenvalue weighted by Gasteiger charge is -2.41. The normalized spacial score (nSPS) is 16.3. The van der Waals surface area contributed by atoms with Crippen molar-refractivity contribution in [2.45, 2.75) is 76.4 Å². The van der Waals surface area contributed by atoms with Crippen LogP contribution in [0.5, 0.6) is 0 Å². The lowest BCUT2D eigenvalue weighted by molar-refractivity contribution is -0.143. The smallest absolute Gasteiger partial charge is 0.416 e. The molecule has 1 aromatic heterocycles. The van der Waals surface area contributed by atoms with Crippen molar-refractivity contribution in [1.29, 1.82) is 0 Å². The second-order valence-electron chi connectivity index (χ2n) is 12.0. The number of aryl methyl sites for hydroxylation is 1. The number of benzene rings is 2. The van der Waals surface area contributed by atoms with Gasteiger partial charge in [-0.15, -0.1) is 5.10 Å². The van der Waals surface area contributed by atoms with Crippen molar-refractivity contribution in [3.8, 4) is 0 Å². The second kappa shape index (κ2) is 15.0. The van der Waals surface area contributed by atoms with E-state index in [1.54, 1.807) is 13.8 Å². The number of amides is 1. The van der Waals surface area contributed by atoms with Gasteiger partial charge in [-0.25, -0.2) is 9.18 Å². The fraction of sp³-hybridized carbons (Fsp3) is 0.548. The lowest BCUT2D eigenvalue weighted by Crippen LogP contribution is -2.46. The predicted molar refractivity (Wildman–Crippen MR) is 159 cm³/mol. The van der Waals surface area contributed by atoms with Gasteiger partial charge in [0.05, 0.1) is 23.7 Å². The molecule has 1 aliphatic heterocycles. The molecule has 0 saturated carbocycles. The number of hydrogen-bond donors (Lipinski definition) is 1. The Hall–Kier alpha value is -4.16. The summed E-state index contributed by atoms with van der Waals surface area (Å²) in [5, 5.41) is 13.9. The van der Waals surface area contributed by atoms with Crippen molar-refractivity contribution in [2.75, 3.05) is 31.1 Å². The average molecular weight is 728 g/mol. The van der Waals surface area contributed by atoms with E-state index in [1.165, 1.54) is 13.1 Å². The van der Waals surface area contributed by atoms with E-state index in [1.807, 2.05) is 4.90 Å². The van der Waals surface area contributed by atoms with Gasteiger partial charge >= 0.3 is 24.6 Å². The summed E-state index contributed by atoms with van der Waals surface area (Å²) < 4.78 is 144. The molecule has 0 spiro atoms. The van der Waals surface area contributed by atoms with Crippen LogP contribution in [0.25, 0.3) is 0 Å². The third-order valence-corrected chi connectivity index (χ3v) is 8.30. The standard InChI is InChI=1S/C31H35F10N7O2/c1-4-25(47-10-8-28(32,9-11-47)18-50-27(49)42-5-2)24-7-6-21(29(33,34)35)14-20(24)17-48(26-43-45-46(3)44-26)16-19-12-22(30(36,37)38)15-23(13-19)31(39,40)41/h6-7,12-15,25H,4-5,8-11,16-18H2,1-3H3,(H,42,49).